The Bertz CT molecular complexity index is 1260. The second kappa shape index (κ2) is 11.4. The maximum atomic E-state index is 12.7. The molecule has 10 atom stereocenters. The average Bonchev–Trinajstić information content (AvgIpc) is 3.44. The molecule has 1 spiro atoms. The number of piperidine rings is 1. The molecule has 2 saturated heterocycles. The first-order valence-corrected chi connectivity index (χ1v) is 17.6. The number of likely N-dealkylation sites (tertiary alicyclic amines) is 1. The van der Waals surface area contributed by atoms with Crippen LogP contribution in [0.15, 0.2) is 41.5 Å². The summed E-state index contributed by atoms with van der Waals surface area (Å²) in [5, 5.41) is 3.21. The molecule has 0 radical (unpaired) electrons. The van der Waals surface area contributed by atoms with Crippen LogP contribution < -0.4 is 5.32 Å². The van der Waals surface area contributed by atoms with Crippen molar-refractivity contribution >= 4 is 11.7 Å². The molecule has 1 aromatic carbocycles. The summed E-state index contributed by atoms with van der Waals surface area (Å²) in [6.45, 7) is 12.5. The van der Waals surface area contributed by atoms with Crippen LogP contribution in [-0.2, 0) is 20.7 Å². The second-order valence-electron chi connectivity index (χ2n) is 16.0. The summed E-state index contributed by atoms with van der Waals surface area (Å²) in [6, 6.07) is 10.5. The van der Waals surface area contributed by atoms with Crippen molar-refractivity contribution < 1.29 is 14.3 Å². The van der Waals surface area contributed by atoms with Crippen LogP contribution >= 0.6 is 0 Å². The highest BCUT2D eigenvalue weighted by atomic mass is 16.5. The van der Waals surface area contributed by atoms with E-state index in [1.165, 1.54) is 32.1 Å². The maximum Gasteiger partial charge on any atom is 0.224 e. The smallest absolute Gasteiger partial charge is 0.224 e. The number of hydrogen-bond acceptors (Lipinski definition) is 4. The first-order valence-electron chi connectivity index (χ1n) is 17.6. The summed E-state index contributed by atoms with van der Waals surface area (Å²) >= 11 is 0. The van der Waals surface area contributed by atoms with Crippen molar-refractivity contribution in [1.29, 1.82) is 0 Å². The Morgan fingerprint density at radius 1 is 1.09 bits per heavy atom. The number of carbonyl (C=O) groups is 2. The Labute approximate surface area is 259 Å². The Morgan fingerprint density at radius 3 is 2.72 bits per heavy atom. The monoisotopic (exact) mass is 586 g/mol. The van der Waals surface area contributed by atoms with E-state index in [1.54, 1.807) is 11.1 Å². The van der Waals surface area contributed by atoms with E-state index in [-0.39, 0.29) is 17.6 Å². The second-order valence-corrected chi connectivity index (χ2v) is 16.0. The fourth-order valence-corrected chi connectivity index (χ4v) is 11.4. The first kappa shape index (κ1) is 29.7. The number of fused-ring (bicyclic) bond motifs is 6. The zero-order chi connectivity index (χ0) is 29.9. The van der Waals surface area contributed by atoms with Gasteiger partial charge in [0.05, 0.1) is 18.1 Å². The summed E-state index contributed by atoms with van der Waals surface area (Å²) in [5.41, 5.74) is 4.76. The Balaban J connectivity index is 1.04. The highest BCUT2D eigenvalue weighted by molar-refractivity contribution is 5.79. The van der Waals surface area contributed by atoms with Crippen LogP contribution in [0.25, 0.3) is 0 Å². The molecule has 234 valence electrons. The lowest BCUT2D eigenvalue weighted by molar-refractivity contribution is -0.130. The fourth-order valence-electron chi connectivity index (χ4n) is 11.4. The number of nitrogens with zero attached hydrogens (tertiary/aromatic N) is 1. The molecule has 3 saturated carbocycles. The molecule has 1 N–H and O–H groups in total. The molecule has 1 amide bonds. The predicted molar refractivity (Wildman–Crippen MR) is 170 cm³/mol. The van der Waals surface area contributed by atoms with Gasteiger partial charge in [-0.1, -0.05) is 62.2 Å². The van der Waals surface area contributed by atoms with E-state index in [2.05, 4.69) is 37.9 Å². The average molecular weight is 587 g/mol. The number of benzene rings is 1. The third-order valence-corrected chi connectivity index (χ3v) is 13.6. The van der Waals surface area contributed by atoms with Gasteiger partial charge in [-0.05, 0) is 98.9 Å². The van der Waals surface area contributed by atoms with Crippen molar-refractivity contribution in [1.82, 2.24) is 10.2 Å². The third kappa shape index (κ3) is 5.25. The van der Waals surface area contributed by atoms with Gasteiger partial charge in [0.25, 0.3) is 0 Å². The van der Waals surface area contributed by atoms with Crippen LogP contribution in [0.3, 0.4) is 0 Å². The van der Waals surface area contributed by atoms with Gasteiger partial charge in [0.15, 0.2) is 0 Å². The number of amides is 1. The molecule has 7 rings (SSSR count). The number of rotatable bonds is 5. The predicted octanol–water partition coefficient (Wildman–Crippen LogP) is 6.75. The molecule has 43 heavy (non-hydrogen) atoms. The minimum Gasteiger partial charge on any atom is -0.369 e. The van der Waals surface area contributed by atoms with Gasteiger partial charge < -0.3 is 10.1 Å². The van der Waals surface area contributed by atoms with Gasteiger partial charge in [-0.25, -0.2) is 0 Å². The van der Waals surface area contributed by atoms with Crippen molar-refractivity contribution in [2.24, 2.45) is 40.9 Å². The summed E-state index contributed by atoms with van der Waals surface area (Å²) in [6.07, 6.45) is 12.0. The van der Waals surface area contributed by atoms with Crippen LogP contribution in [0, 0.1) is 40.9 Å². The molecule has 2 heterocycles. The summed E-state index contributed by atoms with van der Waals surface area (Å²) in [7, 11) is 0. The third-order valence-electron chi connectivity index (χ3n) is 13.6. The largest absolute Gasteiger partial charge is 0.369 e. The normalized spacial score (nSPS) is 42.7. The highest BCUT2D eigenvalue weighted by Crippen LogP contribution is 2.65. The number of ketones is 1. The van der Waals surface area contributed by atoms with E-state index in [1.807, 2.05) is 30.3 Å². The van der Waals surface area contributed by atoms with E-state index in [0.29, 0.717) is 53.9 Å². The van der Waals surface area contributed by atoms with Crippen LogP contribution in [0.2, 0.25) is 0 Å². The summed E-state index contributed by atoms with van der Waals surface area (Å²) in [4.78, 5) is 27.7. The van der Waals surface area contributed by atoms with Gasteiger partial charge in [-0.2, -0.15) is 0 Å². The highest BCUT2D eigenvalue weighted by Gasteiger charge is 2.60. The molecule has 2 aliphatic heterocycles. The minimum absolute atomic E-state index is 0.0660. The molecule has 2 unspecified atom stereocenters. The maximum absolute atomic E-state index is 12.7. The number of allylic oxidation sites excluding steroid dienone is 1. The number of nitrogens with one attached hydrogen (secondary N) is 1. The molecule has 6 aliphatic rings. The standard InChI is InChI=1S/C38H54N2O3/c1-24-18-34-36(40(23-24)17-16-39-35(42)19-27-8-6-5-7-9-27)26(3)38(43-34)15-13-30-31-11-10-28-20-29(41)12-14-37(28,4)33(31)21-32(30)25(2)22-38/h5-9,24,26,28,30-31,33-34,36H,10-23H2,1-4H3,(H,39,42)/t24-,26+,28+,30-,31?,33-,34+,36?,37-,38-/m0/s1. The van der Waals surface area contributed by atoms with Gasteiger partial charge >= 0.3 is 0 Å². The molecular weight excluding hydrogens is 532 g/mol. The minimum atomic E-state index is -0.0660. The molecule has 5 fully saturated rings. The lowest BCUT2D eigenvalue weighted by Gasteiger charge is -2.52. The first-order chi connectivity index (χ1) is 20.7. The van der Waals surface area contributed by atoms with E-state index in [4.69, 9.17) is 4.74 Å². The van der Waals surface area contributed by atoms with Gasteiger partial charge in [-0.15, -0.1) is 0 Å². The zero-order valence-corrected chi connectivity index (χ0v) is 27.1. The van der Waals surface area contributed by atoms with E-state index in [0.717, 1.165) is 62.6 Å². The number of ether oxygens (including phenoxy) is 1. The number of Topliss-reactive ketones (excluding diaryl/α,β-unsaturated/α-hetero) is 1. The van der Waals surface area contributed by atoms with E-state index in [9.17, 15) is 9.59 Å². The molecule has 0 bridgehead atoms. The Morgan fingerprint density at radius 2 is 1.91 bits per heavy atom. The lowest BCUT2D eigenvalue weighted by Crippen LogP contribution is -2.53. The molecule has 4 aliphatic carbocycles. The SMILES string of the molecule is CC1=C2C[C@H]3C(CC[C@@H]4CC(=O)CC[C@@]43C)[C@@H]2CC[C@@]2(C1)O[C@@H]1C[C@H](C)CN(CCNC(=O)Cc3ccccc3)C1[C@H]2C. The molecular formula is C38H54N2O3. The molecule has 0 aromatic heterocycles. The van der Waals surface area contributed by atoms with Crippen LogP contribution in [0.5, 0.6) is 0 Å². The van der Waals surface area contributed by atoms with Crippen LogP contribution in [0.4, 0.5) is 0 Å². The van der Waals surface area contributed by atoms with Crippen molar-refractivity contribution in [2.45, 2.75) is 116 Å². The fraction of sp³-hybridized carbons (Fsp3) is 0.737. The topological polar surface area (TPSA) is 58.6 Å². The van der Waals surface area contributed by atoms with Crippen molar-refractivity contribution in [3.8, 4) is 0 Å². The van der Waals surface area contributed by atoms with Gasteiger partial charge in [-0.3, -0.25) is 14.5 Å². The Hall–Kier alpha value is -1.98. The summed E-state index contributed by atoms with van der Waals surface area (Å²) < 4.78 is 7.28. The molecule has 5 heteroatoms. The number of hydrogen-bond donors (Lipinski definition) is 1. The van der Waals surface area contributed by atoms with E-state index >= 15 is 0 Å². The molecule has 5 nitrogen and oxygen atoms in total. The van der Waals surface area contributed by atoms with Crippen molar-refractivity contribution in [3.05, 3.63) is 47.0 Å². The van der Waals surface area contributed by atoms with Crippen LogP contribution in [0.1, 0.15) is 97.5 Å². The Kier molecular flexibility index (Phi) is 7.90. The van der Waals surface area contributed by atoms with Gasteiger partial charge in [0, 0.05) is 44.4 Å². The quantitative estimate of drug-likeness (QED) is 0.388. The van der Waals surface area contributed by atoms with Crippen molar-refractivity contribution in [3.63, 3.8) is 0 Å². The van der Waals surface area contributed by atoms with E-state index < -0.39 is 0 Å². The van der Waals surface area contributed by atoms with Crippen LogP contribution in [-0.4, -0.2) is 54.0 Å². The lowest BCUT2D eigenvalue weighted by atomic mass is 9.52. The summed E-state index contributed by atoms with van der Waals surface area (Å²) in [5.74, 6) is 4.59. The zero-order valence-electron chi connectivity index (χ0n) is 27.1. The number of carbonyl (C=O) groups excluding carboxylic acids is 2. The van der Waals surface area contributed by atoms with Crippen molar-refractivity contribution in [2.75, 3.05) is 19.6 Å². The van der Waals surface area contributed by atoms with Gasteiger partial charge in [0.2, 0.25) is 5.91 Å². The molecule has 1 aromatic rings. The van der Waals surface area contributed by atoms with Gasteiger partial charge in [0.1, 0.15) is 5.78 Å².